The van der Waals surface area contributed by atoms with Crippen molar-refractivity contribution in [2.24, 2.45) is 0 Å². The molecule has 136 valence electrons. The zero-order valence-corrected chi connectivity index (χ0v) is 14.7. The number of nitrogens with zero attached hydrogens (tertiary/aromatic N) is 5. The summed E-state index contributed by atoms with van der Waals surface area (Å²) < 4.78 is 1.98. The van der Waals surface area contributed by atoms with E-state index in [0.29, 0.717) is 12.5 Å². The molecule has 3 aliphatic heterocycles. The van der Waals surface area contributed by atoms with Crippen molar-refractivity contribution < 1.29 is 9.59 Å². The van der Waals surface area contributed by atoms with Crippen LogP contribution in [0.25, 0.3) is 0 Å². The summed E-state index contributed by atoms with van der Waals surface area (Å²) >= 11 is 0. The van der Waals surface area contributed by atoms with Crippen LogP contribution in [0.5, 0.6) is 0 Å². The molecule has 3 aliphatic rings. The van der Waals surface area contributed by atoms with E-state index < -0.39 is 0 Å². The Hall–Kier alpha value is -2.09. The highest BCUT2D eigenvalue weighted by Crippen LogP contribution is 2.25. The van der Waals surface area contributed by atoms with E-state index in [0.717, 1.165) is 57.7 Å². The number of anilines is 1. The Kier molecular flexibility index (Phi) is 4.37. The SMILES string of the molecule is CN1CCN(c2cnn(C3CN(CC4CCCCC(=O)N4)C3)c2)C1=O. The first-order chi connectivity index (χ1) is 12.1. The molecule has 0 radical (unpaired) electrons. The van der Waals surface area contributed by atoms with Crippen LogP contribution >= 0.6 is 0 Å². The van der Waals surface area contributed by atoms with Crippen LogP contribution in [0.4, 0.5) is 10.5 Å². The van der Waals surface area contributed by atoms with Gasteiger partial charge in [0.2, 0.25) is 5.91 Å². The fraction of sp³-hybridized carbons (Fsp3) is 0.706. The number of carbonyl (C=O) groups excluding carboxylic acids is 2. The number of aromatic nitrogens is 2. The minimum absolute atomic E-state index is 0.0406. The van der Waals surface area contributed by atoms with Crippen molar-refractivity contribution in [3.63, 3.8) is 0 Å². The van der Waals surface area contributed by atoms with Crippen molar-refractivity contribution in [2.75, 3.05) is 44.7 Å². The van der Waals surface area contributed by atoms with Crippen molar-refractivity contribution in [3.05, 3.63) is 12.4 Å². The molecule has 0 aliphatic carbocycles. The minimum Gasteiger partial charge on any atom is -0.352 e. The summed E-state index contributed by atoms with van der Waals surface area (Å²) in [5.41, 5.74) is 0.879. The number of urea groups is 1. The van der Waals surface area contributed by atoms with Crippen LogP contribution in [0.15, 0.2) is 12.4 Å². The molecule has 3 saturated heterocycles. The average molecular weight is 346 g/mol. The van der Waals surface area contributed by atoms with Gasteiger partial charge >= 0.3 is 6.03 Å². The van der Waals surface area contributed by atoms with Crippen LogP contribution < -0.4 is 10.2 Å². The highest BCUT2D eigenvalue weighted by molar-refractivity contribution is 5.93. The van der Waals surface area contributed by atoms with E-state index >= 15 is 0 Å². The van der Waals surface area contributed by atoms with E-state index in [4.69, 9.17) is 0 Å². The van der Waals surface area contributed by atoms with Crippen molar-refractivity contribution in [1.82, 2.24) is 24.9 Å². The second kappa shape index (κ2) is 6.67. The molecule has 0 aromatic carbocycles. The molecule has 1 aromatic rings. The molecular formula is C17H26N6O2. The van der Waals surface area contributed by atoms with Gasteiger partial charge in [-0.3, -0.25) is 19.3 Å². The van der Waals surface area contributed by atoms with Crippen molar-refractivity contribution in [2.45, 2.75) is 37.8 Å². The number of likely N-dealkylation sites (N-methyl/N-ethyl adjacent to an activating group) is 1. The summed E-state index contributed by atoms with van der Waals surface area (Å²) in [6.45, 7) is 4.29. The maximum absolute atomic E-state index is 12.1. The van der Waals surface area contributed by atoms with Crippen LogP contribution in [0, 0.1) is 0 Å². The van der Waals surface area contributed by atoms with Gasteiger partial charge in [-0.05, 0) is 12.8 Å². The van der Waals surface area contributed by atoms with Crippen molar-refractivity contribution in [3.8, 4) is 0 Å². The number of amides is 3. The maximum Gasteiger partial charge on any atom is 0.324 e. The van der Waals surface area contributed by atoms with Gasteiger partial charge in [0.1, 0.15) is 0 Å². The van der Waals surface area contributed by atoms with E-state index in [2.05, 4.69) is 15.3 Å². The maximum atomic E-state index is 12.1. The molecule has 8 heteroatoms. The molecule has 0 spiro atoms. The van der Waals surface area contributed by atoms with Gasteiger partial charge in [0, 0.05) is 58.4 Å². The number of hydrogen-bond donors (Lipinski definition) is 1. The smallest absolute Gasteiger partial charge is 0.324 e. The third-order valence-electron chi connectivity index (χ3n) is 5.48. The second-order valence-corrected chi connectivity index (χ2v) is 7.42. The monoisotopic (exact) mass is 346 g/mol. The minimum atomic E-state index is 0.0406. The summed E-state index contributed by atoms with van der Waals surface area (Å²) in [6, 6.07) is 0.673. The predicted octanol–water partition coefficient (Wildman–Crippen LogP) is 0.670. The van der Waals surface area contributed by atoms with E-state index in [1.54, 1.807) is 16.0 Å². The lowest BCUT2D eigenvalue weighted by atomic mass is 10.1. The van der Waals surface area contributed by atoms with Crippen LogP contribution in [-0.2, 0) is 4.79 Å². The lowest BCUT2D eigenvalue weighted by Crippen LogP contribution is -2.53. The first kappa shape index (κ1) is 16.4. The largest absolute Gasteiger partial charge is 0.352 e. The number of nitrogens with one attached hydrogen (secondary N) is 1. The van der Waals surface area contributed by atoms with Crippen LogP contribution in [0.2, 0.25) is 0 Å². The lowest BCUT2D eigenvalue weighted by Gasteiger charge is -2.41. The molecule has 1 N–H and O–H groups in total. The molecule has 1 unspecified atom stereocenters. The van der Waals surface area contributed by atoms with E-state index in [-0.39, 0.29) is 18.0 Å². The molecule has 25 heavy (non-hydrogen) atoms. The van der Waals surface area contributed by atoms with Gasteiger partial charge in [-0.25, -0.2) is 4.79 Å². The van der Waals surface area contributed by atoms with Crippen molar-refractivity contribution >= 4 is 17.6 Å². The third-order valence-corrected chi connectivity index (χ3v) is 5.48. The summed E-state index contributed by atoms with van der Waals surface area (Å²) in [7, 11) is 1.82. The zero-order valence-electron chi connectivity index (χ0n) is 14.7. The van der Waals surface area contributed by atoms with Gasteiger partial charge in [0.15, 0.2) is 0 Å². The normalized spacial score (nSPS) is 25.9. The van der Waals surface area contributed by atoms with Gasteiger partial charge in [-0.2, -0.15) is 5.10 Å². The van der Waals surface area contributed by atoms with Gasteiger partial charge in [0.25, 0.3) is 0 Å². The number of carbonyl (C=O) groups is 2. The Bertz CT molecular complexity index is 653. The van der Waals surface area contributed by atoms with Crippen LogP contribution in [0.3, 0.4) is 0 Å². The Morgan fingerprint density at radius 1 is 1.24 bits per heavy atom. The predicted molar refractivity (Wildman–Crippen MR) is 93.5 cm³/mol. The first-order valence-corrected chi connectivity index (χ1v) is 9.18. The second-order valence-electron chi connectivity index (χ2n) is 7.42. The Morgan fingerprint density at radius 3 is 2.84 bits per heavy atom. The van der Waals surface area contributed by atoms with Crippen LogP contribution in [-0.4, -0.2) is 77.3 Å². The molecule has 0 saturated carbocycles. The Labute approximate surface area is 147 Å². The lowest BCUT2D eigenvalue weighted by molar-refractivity contribution is -0.121. The third kappa shape index (κ3) is 3.35. The van der Waals surface area contributed by atoms with Crippen molar-refractivity contribution in [1.29, 1.82) is 0 Å². The molecule has 1 atom stereocenters. The van der Waals surface area contributed by atoms with Gasteiger partial charge in [-0.15, -0.1) is 0 Å². The van der Waals surface area contributed by atoms with E-state index in [1.807, 2.05) is 17.9 Å². The quantitative estimate of drug-likeness (QED) is 0.870. The summed E-state index contributed by atoms with van der Waals surface area (Å²) in [5.74, 6) is 0.191. The first-order valence-electron chi connectivity index (χ1n) is 9.18. The topological polar surface area (TPSA) is 73.7 Å². The summed E-state index contributed by atoms with van der Waals surface area (Å²) in [5, 5.41) is 7.59. The Morgan fingerprint density at radius 2 is 2.08 bits per heavy atom. The summed E-state index contributed by atoms with van der Waals surface area (Å²) in [6.07, 6.45) is 7.63. The van der Waals surface area contributed by atoms with Crippen LogP contribution in [0.1, 0.15) is 31.7 Å². The highest BCUT2D eigenvalue weighted by atomic mass is 16.2. The zero-order chi connectivity index (χ0) is 17.4. The summed E-state index contributed by atoms with van der Waals surface area (Å²) in [4.78, 5) is 29.6. The molecular weight excluding hydrogens is 320 g/mol. The number of hydrogen-bond acceptors (Lipinski definition) is 4. The molecule has 3 amide bonds. The van der Waals surface area contributed by atoms with Gasteiger partial charge in [-0.1, -0.05) is 6.42 Å². The van der Waals surface area contributed by atoms with E-state index in [1.165, 1.54) is 0 Å². The molecule has 4 heterocycles. The molecule has 0 bridgehead atoms. The number of likely N-dealkylation sites (tertiary alicyclic amines) is 1. The van der Waals surface area contributed by atoms with Gasteiger partial charge < -0.3 is 10.2 Å². The fourth-order valence-electron chi connectivity index (χ4n) is 3.91. The van der Waals surface area contributed by atoms with Gasteiger partial charge in [0.05, 0.1) is 17.9 Å². The fourth-order valence-corrected chi connectivity index (χ4v) is 3.91. The van der Waals surface area contributed by atoms with E-state index in [9.17, 15) is 9.59 Å². The Balaban J connectivity index is 1.29. The average Bonchev–Trinajstić information content (AvgIpc) is 3.08. The molecule has 8 nitrogen and oxygen atoms in total. The molecule has 4 rings (SSSR count). The molecule has 3 fully saturated rings. The molecule has 1 aromatic heterocycles. The number of rotatable bonds is 4. The highest BCUT2D eigenvalue weighted by Gasteiger charge is 2.33. The standard InChI is InChI=1S/C17H26N6O2/c1-20-6-7-22(17(20)25)14-8-18-23(12-14)15-10-21(11-15)9-13-4-2-3-5-16(24)19-13/h8,12-13,15H,2-7,9-11H2,1H3,(H,19,24).